The third kappa shape index (κ3) is 1.89. The minimum atomic E-state index is -3.60. The van der Waals surface area contributed by atoms with Crippen LogP contribution in [0.2, 0.25) is 0 Å². The third-order valence-electron chi connectivity index (χ3n) is 2.71. The van der Waals surface area contributed by atoms with Gasteiger partial charge < -0.3 is 0 Å². The Hall–Kier alpha value is -1.61. The highest BCUT2D eigenvalue weighted by atomic mass is 35.5. The molecule has 0 atom stereocenters. The second kappa shape index (κ2) is 3.94. The normalized spacial score (nSPS) is 12.5. The summed E-state index contributed by atoms with van der Waals surface area (Å²) in [7, 11) is 1.79. The molecular weight excluding hydrogens is 298 g/mol. The predicted molar refractivity (Wildman–Crippen MR) is 65.3 cm³/mol. The maximum Gasteiger partial charge on any atom is 0.383 e. The molecule has 100 valence electrons. The maximum atomic E-state index is 13.1. The van der Waals surface area contributed by atoms with Crippen LogP contribution in [0.5, 0.6) is 0 Å². The van der Waals surface area contributed by atoms with Crippen molar-refractivity contribution >= 4 is 27.9 Å². The first-order chi connectivity index (χ1) is 8.88. The fourth-order valence-corrected chi connectivity index (χ4v) is 2.63. The Morgan fingerprint density at radius 3 is 2.68 bits per heavy atom. The van der Waals surface area contributed by atoms with Crippen LogP contribution in [0, 0.1) is 6.92 Å². The van der Waals surface area contributed by atoms with Gasteiger partial charge in [-0.1, -0.05) is 11.3 Å². The summed E-state index contributed by atoms with van der Waals surface area (Å²) in [4.78, 5) is 0.258. The molecule has 0 spiro atoms. The van der Waals surface area contributed by atoms with Crippen molar-refractivity contribution in [3.05, 3.63) is 17.7 Å². The fraction of sp³-hybridized carbons (Fsp3) is 0.333. The first kappa shape index (κ1) is 12.4. The number of fused-ring (bicyclic) bond motifs is 1. The molecule has 0 fully saturated rings. The van der Waals surface area contributed by atoms with Crippen LogP contribution in [-0.4, -0.2) is 29.6 Å². The van der Waals surface area contributed by atoms with Crippen molar-refractivity contribution in [1.82, 2.24) is 29.6 Å². The van der Waals surface area contributed by atoms with Gasteiger partial charge >= 0.3 is 5.38 Å². The Labute approximate surface area is 114 Å². The molecule has 0 amide bonds. The molecule has 3 heterocycles. The van der Waals surface area contributed by atoms with Crippen LogP contribution in [0.3, 0.4) is 0 Å². The van der Waals surface area contributed by atoms with Gasteiger partial charge in [0.2, 0.25) is 10.8 Å². The van der Waals surface area contributed by atoms with E-state index in [0.29, 0.717) is 5.01 Å². The zero-order valence-electron chi connectivity index (χ0n) is 9.80. The van der Waals surface area contributed by atoms with E-state index >= 15 is 0 Å². The van der Waals surface area contributed by atoms with Gasteiger partial charge in [-0.25, -0.2) is 0 Å². The summed E-state index contributed by atoms with van der Waals surface area (Å²) in [5, 5.41) is 12.1. The monoisotopic (exact) mass is 304 g/mol. The molecule has 3 rings (SSSR count). The summed E-state index contributed by atoms with van der Waals surface area (Å²) in [6.07, 6.45) is 1.62. The molecule has 0 aliphatic rings. The quantitative estimate of drug-likeness (QED) is 0.681. The van der Waals surface area contributed by atoms with Gasteiger partial charge in [0.25, 0.3) is 0 Å². The highest BCUT2D eigenvalue weighted by molar-refractivity contribution is 7.19. The molecular formula is C9H7ClF2N6S. The van der Waals surface area contributed by atoms with E-state index in [9.17, 15) is 8.78 Å². The number of aryl methyl sites for hydroxylation is 1. The van der Waals surface area contributed by atoms with Crippen molar-refractivity contribution in [3.8, 4) is 10.6 Å². The first-order valence-corrected chi connectivity index (χ1v) is 6.36. The van der Waals surface area contributed by atoms with Crippen LogP contribution in [0.1, 0.15) is 11.5 Å². The Bertz CT molecular complexity index is 755. The van der Waals surface area contributed by atoms with Crippen LogP contribution >= 0.6 is 22.9 Å². The van der Waals surface area contributed by atoms with E-state index in [1.54, 1.807) is 17.9 Å². The highest BCUT2D eigenvalue weighted by Gasteiger charge is 2.35. The third-order valence-corrected chi connectivity index (χ3v) is 3.81. The van der Waals surface area contributed by atoms with Gasteiger partial charge in [0.1, 0.15) is 0 Å². The van der Waals surface area contributed by atoms with Crippen molar-refractivity contribution in [2.45, 2.75) is 12.3 Å². The Balaban J connectivity index is 2.18. The molecule has 10 heteroatoms. The van der Waals surface area contributed by atoms with Crippen molar-refractivity contribution < 1.29 is 8.78 Å². The van der Waals surface area contributed by atoms with Crippen LogP contribution in [0.15, 0.2) is 6.20 Å². The van der Waals surface area contributed by atoms with E-state index in [0.717, 1.165) is 27.1 Å². The van der Waals surface area contributed by atoms with Crippen molar-refractivity contribution in [3.63, 3.8) is 0 Å². The largest absolute Gasteiger partial charge is 0.383 e. The van der Waals surface area contributed by atoms with Crippen LogP contribution in [0.4, 0.5) is 8.78 Å². The zero-order chi connectivity index (χ0) is 13.8. The van der Waals surface area contributed by atoms with Crippen molar-refractivity contribution in [2.24, 2.45) is 7.05 Å². The minimum Gasteiger partial charge on any atom is -0.272 e. The topological polar surface area (TPSA) is 60.9 Å². The predicted octanol–water partition coefficient (Wildman–Crippen LogP) is 2.18. The molecule has 0 unspecified atom stereocenters. The summed E-state index contributed by atoms with van der Waals surface area (Å²) in [6.45, 7) is 1.86. The van der Waals surface area contributed by atoms with E-state index in [1.807, 2.05) is 6.92 Å². The molecule has 0 N–H and O–H groups in total. The van der Waals surface area contributed by atoms with Crippen LogP contribution in [0.25, 0.3) is 15.5 Å². The van der Waals surface area contributed by atoms with Gasteiger partial charge in [-0.3, -0.25) is 4.68 Å². The molecule has 3 aromatic heterocycles. The smallest absolute Gasteiger partial charge is 0.272 e. The van der Waals surface area contributed by atoms with Crippen molar-refractivity contribution in [2.75, 3.05) is 0 Å². The maximum absolute atomic E-state index is 13.1. The van der Waals surface area contributed by atoms with E-state index < -0.39 is 11.2 Å². The molecule has 3 aromatic rings. The second-order valence-electron chi connectivity index (χ2n) is 3.89. The lowest BCUT2D eigenvalue weighted by Gasteiger charge is -2.01. The molecule has 0 saturated carbocycles. The lowest BCUT2D eigenvalue weighted by Crippen LogP contribution is -2.10. The Morgan fingerprint density at radius 1 is 1.37 bits per heavy atom. The lowest BCUT2D eigenvalue weighted by molar-refractivity contribution is 0.0821. The fourth-order valence-electron chi connectivity index (χ4n) is 1.61. The van der Waals surface area contributed by atoms with Crippen LogP contribution in [-0.2, 0) is 12.4 Å². The van der Waals surface area contributed by atoms with Gasteiger partial charge in [-0.15, -0.1) is 10.2 Å². The zero-order valence-corrected chi connectivity index (χ0v) is 11.4. The van der Waals surface area contributed by atoms with Gasteiger partial charge in [0, 0.05) is 12.7 Å². The number of hydrogen-bond donors (Lipinski definition) is 0. The van der Waals surface area contributed by atoms with E-state index in [1.165, 1.54) is 0 Å². The molecule has 0 aliphatic heterocycles. The van der Waals surface area contributed by atoms with Crippen LogP contribution < -0.4 is 0 Å². The highest BCUT2D eigenvalue weighted by Crippen LogP contribution is 2.34. The van der Waals surface area contributed by atoms with Gasteiger partial charge in [-0.2, -0.15) is 23.5 Å². The summed E-state index contributed by atoms with van der Waals surface area (Å²) >= 11 is 6.11. The number of hydrogen-bond acceptors (Lipinski definition) is 5. The van der Waals surface area contributed by atoms with Gasteiger partial charge in [0.15, 0.2) is 5.01 Å². The molecule has 0 saturated heterocycles. The molecule has 0 aliphatic carbocycles. The number of halogens is 3. The lowest BCUT2D eigenvalue weighted by atomic mass is 10.3. The van der Waals surface area contributed by atoms with E-state index in [4.69, 9.17) is 11.6 Å². The summed E-state index contributed by atoms with van der Waals surface area (Å²) in [5.41, 5.74) is 1.64. The van der Waals surface area contributed by atoms with Gasteiger partial charge in [-0.05, 0) is 18.5 Å². The van der Waals surface area contributed by atoms with E-state index in [-0.39, 0.29) is 4.96 Å². The number of rotatable bonds is 2. The van der Waals surface area contributed by atoms with Crippen molar-refractivity contribution in [1.29, 1.82) is 0 Å². The summed E-state index contributed by atoms with van der Waals surface area (Å²) < 4.78 is 28.8. The number of nitrogens with zero attached hydrogens (tertiary/aromatic N) is 6. The average Bonchev–Trinajstić information content (AvgIpc) is 2.92. The Kier molecular flexibility index (Phi) is 2.58. The first-order valence-electron chi connectivity index (χ1n) is 5.16. The minimum absolute atomic E-state index is 0.258. The SMILES string of the molecule is Cc1c(-c2nn3c(C(F)(F)Cl)nnc3s2)cnn1C. The number of alkyl halides is 3. The second-order valence-corrected chi connectivity index (χ2v) is 5.32. The Morgan fingerprint density at radius 2 is 2.11 bits per heavy atom. The molecule has 0 radical (unpaired) electrons. The number of aromatic nitrogens is 6. The molecule has 0 bridgehead atoms. The summed E-state index contributed by atoms with van der Waals surface area (Å²) in [6, 6.07) is 0. The van der Waals surface area contributed by atoms with E-state index in [2.05, 4.69) is 20.4 Å². The standard InChI is InChI=1S/C9H7ClF2N6S/c1-4-5(3-13-17(4)2)6-16-18-7(9(10,11)12)14-15-8(18)19-6/h3H,1-2H3. The molecule has 0 aromatic carbocycles. The molecule has 19 heavy (non-hydrogen) atoms. The van der Waals surface area contributed by atoms with Gasteiger partial charge in [0.05, 0.1) is 11.8 Å². The average molecular weight is 305 g/mol. The molecule has 6 nitrogen and oxygen atoms in total. The summed E-state index contributed by atoms with van der Waals surface area (Å²) in [5.74, 6) is -0.687.